The topological polar surface area (TPSA) is 58.2 Å². The zero-order chi connectivity index (χ0) is 20.8. The van der Waals surface area contributed by atoms with Crippen molar-refractivity contribution in [1.82, 2.24) is 0 Å². The molecular formula is C23H24N2O2S2. The van der Waals surface area contributed by atoms with Crippen LogP contribution in [0.2, 0.25) is 0 Å². The van der Waals surface area contributed by atoms with E-state index in [0.29, 0.717) is 11.3 Å². The molecule has 0 radical (unpaired) electrons. The quantitative estimate of drug-likeness (QED) is 0.449. The first-order chi connectivity index (χ1) is 14.0. The van der Waals surface area contributed by atoms with Crippen LogP contribution in [0.1, 0.15) is 34.1 Å². The van der Waals surface area contributed by atoms with Gasteiger partial charge in [-0.3, -0.25) is 9.59 Å². The molecule has 0 aliphatic rings. The smallest absolute Gasteiger partial charge is 0.265 e. The van der Waals surface area contributed by atoms with Crippen LogP contribution in [0.3, 0.4) is 0 Å². The van der Waals surface area contributed by atoms with Crippen LogP contribution < -0.4 is 10.6 Å². The Morgan fingerprint density at radius 1 is 1.03 bits per heavy atom. The molecule has 1 atom stereocenters. The lowest BCUT2D eigenvalue weighted by molar-refractivity contribution is -0.115. The SMILES string of the molecule is CCC(Sc1cccc(NC(=O)c2cccs2)c1)C(=O)Nc1ccc(C)cc1C. The summed E-state index contributed by atoms with van der Waals surface area (Å²) in [6.45, 7) is 6.03. The Balaban J connectivity index is 1.67. The number of amides is 2. The molecule has 0 saturated carbocycles. The highest BCUT2D eigenvalue weighted by Crippen LogP contribution is 2.29. The van der Waals surface area contributed by atoms with Crippen molar-refractivity contribution in [1.29, 1.82) is 0 Å². The average Bonchev–Trinajstić information content (AvgIpc) is 3.23. The lowest BCUT2D eigenvalue weighted by Gasteiger charge is -2.16. The number of rotatable bonds is 7. The van der Waals surface area contributed by atoms with E-state index in [1.54, 1.807) is 6.07 Å². The molecule has 1 heterocycles. The Labute approximate surface area is 179 Å². The zero-order valence-electron chi connectivity index (χ0n) is 16.7. The number of benzene rings is 2. The van der Waals surface area contributed by atoms with Crippen molar-refractivity contribution < 1.29 is 9.59 Å². The van der Waals surface area contributed by atoms with Gasteiger partial charge < -0.3 is 10.6 Å². The molecule has 0 bridgehead atoms. The van der Waals surface area contributed by atoms with Crippen molar-refractivity contribution in [3.8, 4) is 0 Å². The van der Waals surface area contributed by atoms with Crippen molar-refractivity contribution in [3.05, 3.63) is 76.0 Å². The van der Waals surface area contributed by atoms with Crippen LogP contribution in [-0.2, 0) is 4.79 Å². The first kappa shape index (κ1) is 21.1. The number of nitrogens with one attached hydrogen (secondary N) is 2. The number of hydrogen-bond donors (Lipinski definition) is 2. The second-order valence-electron chi connectivity index (χ2n) is 6.78. The van der Waals surface area contributed by atoms with E-state index in [2.05, 4.69) is 16.7 Å². The maximum absolute atomic E-state index is 12.8. The monoisotopic (exact) mass is 424 g/mol. The summed E-state index contributed by atoms with van der Waals surface area (Å²) in [7, 11) is 0. The van der Waals surface area contributed by atoms with Crippen molar-refractivity contribution >= 4 is 46.3 Å². The Morgan fingerprint density at radius 3 is 2.55 bits per heavy atom. The highest BCUT2D eigenvalue weighted by molar-refractivity contribution is 8.00. The number of thiophene rings is 1. The minimum Gasteiger partial charge on any atom is -0.325 e. The number of aryl methyl sites for hydroxylation is 2. The van der Waals surface area contributed by atoms with Gasteiger partial charge in [0.15, 0.2) is 0 Å². The van der Waals surface area contributed by atoms with Gasteiger partial charge in [0.25, 0.3) is 5.91 Å². The molecule has 0 fully saturated rings. The van der Waals surface area contributed by atoms with Crippen LogP contribution in [0.4, 0.5) is 11.4 Å². The molecule has 150 valence electrons. The van der Waals surface area contributed by atoms with Crippen LogP contribution in [0, 0.1) is 13.8 Å². The minimum absolute atomic E-state index is 0.0162. The number of thioether (sulfide) groups is 1. The number of anilines is 2. The van der Waals surface area contributed by atoms with E-state index in [1.165, 1.54) is 28.7 Å². The lowest BCUT2D eigenvalue weighted by Crippen LogP contribution is -2.25. The van der Waals surface area contributed by atoms with E-state index < -0.39 is 0 Å². The fraction of sp³-hybridized carbons (Fsp3) is 0.217. The van der Waals surface area contributed by atoms with Gasteiger partial charge in [-0.15, -0.1) is 23.1 Å². The highest BCUT2D eigenvalue weighted by atomic mass is 32.2. The van der Waals surface area contributed by atoms with E-state index >= 15 is 0 Å². The van der Waals surface area contributed by atoms with Crippen LogP contribution in [0.25, 0.3) is 0 Å². The third-order valence-corrected chi connectivity index (χ3v) is 6.64. The largest absolute Gasteiger partial charge is 0.325 e. The maximum Gasteiger partial charge on any atom is 0.265 e. The van der Waals surface area contributed by atoms with Gasteiger partial charge in [-0.2, -0.15) is 0 Å². The molecule has 6 heteroatoms. The van der Waals surface area contributed by atoms with Gasteiger partial charge >= 0.3 is 0 Å². The van der Waals surface area contributed by atoms with Crippen molar-refractivity contribution in [2.45, 2.75) is 37.3 Å². The maximum atomic E-state index is 12.8. The molecule has 2 N–H and O–H groups in total. The van der Waals surface area contributed by atoms with Gasteiger partial charge in [-0.25, -0.2) is 0 Å². The second-order valence-corrected chi connectivity index (χ2v) is 9.01. The van der Waals surface area contributed by atoms with Gasteiger partial charge in [-0.05, 0) is 61.5 Å². The van der Waals surface area contributed by atoms with E-state index in [9.17, 15) is 9.59 Å². The van der Waals surface area contributed by atoms with Crippen molar-refractivity contribution in [2.75, 3.05) is 10.6 Å². The number of carbonyl (C=O) groups excluding carboxylic acids is 2. The molecule has 3 rings (SSSR count). The lowest BCUT2D eigenvalue weighted by atomic mass is 10.1. The third-order valence-electron chi connectivity index (χ3n) is 4.42. The number of hydrogen-bond acceptors (Lipinski definition) is 4. The molecule has 1 aromatic heterocycles. The Morgan fingerprint density at radius 2 is 1.86 bits per heavy atom. The molecule has 2 aromatic carbocycles. The Hall–Kier alpha value is -2.57. The van der Waals surface area contributed by atoms with E-state index in [-0.39, 0.29) is 17.1 Å². The zero-order valence-corrected chi connectivity index (χ0v) is 18.3. The summed E-state index contributed by atoms with van der Waals surface area (Å²) in [5.41, 5.74) is 3.79. The van der Waals surface area contributed by atoms with Crippen molar-refractivity contribution in [2.24, 2.45) is 0 Å². The first-order valence-electron chi connectivity index (χ1n) is 9.46. The summed E-state index contributed by atoms with van der Waals surface area (Å²) in [5, 5.41) is 7.61. The van der Waals surface area contributed by atoms with Crippen LogP contribution in [-0.4, -0.2) is 17.1 Å². The van der Waals surface area contributed by atoms with Gasteiger partial charge in [-0.1, -0.05) is 36.8 Å². The standard InChI is InChI=1S/C23H24N2O2S2/c1-4-20(22(26)25-19-11-10-15(2)13-16(19)3)29-18-8-5-7-17(14-18)24-23(27)21-9-6-12-28-21/h5-14,20H,4H2,1-3H3,(H,24,27)(H,25,26). The van der Waals surface area contributed by atoms with Crippen LogP contribution in [0.15, 0.2) is 64.9 Å². The fourth-order valence-electron chi connectivity index (χ4n) is 2.90. The molecule has 29 heavy (non-hydrogen) atoms. The van der Waals surface area contributed by atoms with Crippen LogP contribution in [0.5, 0.6) is 0 Å². The Kier molecular flexibility index (Phi) is 7.12. The fourth-order valence-corrected chi connectivity index (χ4v) is 4.53. The van der Waals surface area contributed by atoms with Crippen LogP contribution >= 0.6 is 23.1 Å². The predicted octanol–water partition coefficient (Wildman–Crippen LogP) is 6.13. The summed E-state index contributed by atoms with van der Waals surface area (Å²) in [5.74, 6) is -0.140. The highest BCUT2D eigenvalue weighted by Gasteiger charge is 2.19. The summed E-state index contributed by atoms with van der Waals surface area (Å²) in [4.78, 5) is 26.7. The molecule has 2 amide bonds. The molecule has 3 aromatic rings. The van der Waals surface area contributed by atoms with Gasteiger partial charge in [0, 0.05) is 16.3 Å². The Bertz CT molecular complexity index is 1000. The summed E-state index contributed by atoms with van der Waals surface area (Å²) >= 11 is 2.91. The molecular weight excluding hydrogens is 400 g/mol. The molecule has 1 unspecified atom stereocenters. The summed E-state index contributed by atoms with van der Waals surface area (Å²) in [6, 6.07) is 17.3. The predicted molar refractivity (Wildman–Crippen MR) is 123 cm³/mol. The molecule has 0 aliphatic carbocycles. The molecule has 0 saturated heterocycles. The minimum atomic E-state index is -0.223. The van der Waals surface area contributed by atoms with E-state index in [4.69, 9.17) is 0 Å². The van der Waals surface area contributed by atoms with Gasteiger partial charge in [0.2, 0.25) is 5.91 Å². The molecule has 4 nitrogen and oxygen atoms in total. The van der Waals surface area contributed by atoms with Gasteiger partial charge in [0.05, 0.1) is 10.1 Å². The third kappa shape index (κ3) is 5.71. The average molecular weight is 425 g/mol. The van der Waals surface area contributed by atoms with Gasteiger partial charge in [0.1, 0.15) is 0 Å². The molecule has 0 spiro atoms. The van der Waals surface area contributed by atoms with E-state index in [1.807, 2.05) is 68.6 Å². The summed E-state index contributed by atoms with van der Waals surface area (Å²) in [6.07, 6.45) is 0.702. The van der Waals surface area contributed by atoms with Crippen molar-refractivity contribution in [3.63, 3.8) is 0 Å². The molecule has 0 aliphatic heterocycles. The number of carbonyl (C=O) groups is 2. The normalized spacial score (nSPS) is 11.7. The van der Waals surface area contributed by atoms with E-state index in [0.717, 1.165) is 21.8 Å². The summed E-state index contributed by atoms with van der Waals surface area (Å²) < 4.78 is 0. The first-order valence-corrected chi connectivity index (χ1v) is 11.2. The second kappa shape index (κ2) is 9.76.